The molecule has 0 saturated heterocycles. The zero-order valence-corrected chi connectivity index (χ0v) is 13.8. The van der Waals surface area contributed by atoms with E-state index in [-0.39, 0.29) is 35.5 Å². The second-order valence-electron chi connectivity index (χ2n) is 3.68. The third-order valence-corrected chi connectivity index (χ3v) is 2.96. The van der Waals surface area contributed by atoms with E-state index in [9.17, 15) is 8.78 Å². The monoisotopic (exact) mass is 406 g/mol. The molecule has 0 saturated carbocycles. The lowest BCUT2D eigenvalue weighted by atomic mass is 10.3. The van der Waals surface area contributed by atoms with Crippen molar-refractivity contribution in [2.24, 2.45) is 4.99 Å². The van der Waals surface area contributed by atoms with Gasteiger partial charge in [-0.3, -0.25) is 0 Å². The van der Waals surface area contributed by atoms with Gasteiger partial charge in [0.15, 0.2) is 5.17 Å². The maximum absolute atomic E-state index is 13.5. The number of anilines is 1. The molecule has 2 rings (SSSR count). The van der Waals surface area contributed by atoms with Crippen LogP contribution in [-0.4, -0.2) is 11.4 Å². The molecule has 1 N–H and O–H groups in total. The van der Waals surface area contributed by atoms with Crippen LogP contribution in [0.15, 0.2) is 53.5 Å². The molecule has 106 valence electrons. The summed E-state index contributed by atoms with van der Waals surface area (Å²) in [4.78, 5) is 4.14. The first kappa shape index (κ1) is 16.9. The zero-order chi connectivity index (χ0) is 13.7. The number of benzene rings is 2. The molecule has 0 aliphatic rings. The third-order valence-electron chi connectivity index (χ3n) is 2.38. The molecule has 20 heavy (non-hydrogen) atoms. The Morgan fingerprint density at radius 3 is 2.20 bits per heavy atom. The van der Waals surface area contributed by atoms with E-state index in [4.69, 9.17) is 0 Å². The van der Waals surface area contributed by atoms with E-state index in [0.29, 0.717) is 10.9 Å². The molecule has 2 nitrogen and oxygen atoms in total. The number of nitrogens with one attached hydrogen (secondary N) is 1. The van der Waals surface area contributed by atoms with Crippen LogP contribution in [0.1, 0.15) is 0 Å². The highest BCUT2D eigenvalue weighted by Crippen LogP contribution is 2.20. The van der Waals surface area contributed by atoms with Gasteiger partial charge in [0, 0.05) is 0 Å². The fourth-order valence-corrected chi connectivity index (χ4v) is 1.86. The van der Waals surface area contributed by atoms with Gasteiger partial charge in [0.05, 0.1) is 5.69 Å². The van der Waals surface area contributed by atoms with Crippen LogP contribution in [0.3, 0.4) is 0 Å². The zero-order valence-electron chi connectivity index (χ0n) is 10.6. The molecule has 0 aliphatic heterocycles. The van der Waals surface area contributed by atoms with E-state index in [2.05, 4.69) is 10.3 Å². The van der Waals surface area contributed by atoms with E-state index in [1.165, 1.54) is 23.9 Å². The van der Waals surface area contributed by atoms with Crippen LogP contribution < -0.4 is 5.32 Å². The minimum atomic E-state index is -0.413. The number of halogens is 3. The molecule has 6 heteroatoms. The number of thioether (sulfide) groups is 1. The van der Waals surface area contributed by atoms with Crippen molar-refractivity contribution in [2.45, 2.75) is 0 Å². The van der Waals surface area contributed by atoms with Gasteiger partial charge < -0.3 is 5.32 Å². The Labute approximate surface area is 137 Å². The molecule has 0 fully saturated rings. The van der Waals surface area contributed by atoms with Crippen molar-refractivity contribution in [3.8, 4) is 0 Å². The first-order chi connectivity index (χ1) is 9.20. The van der Waals surface area contributed by atoms with Crippen LogP contribution in [-0.2, 0) is 0 Å². The molecule has 0 aromatic heterocycles. The van der Waals surface area contributed by atoms with Crippen molar-refractivity contribution >= 4 is 52.3 Å². The van der Waals surface area contributed by atoms with Gasteiger partial charge in [-0.2, -0.15) is 0 Å². The Morgan fingerprint density at radius 1 is 1.00 bits per heavy atom. The summed E-state index contributed by atoms with van der Waals surface area (Å²) in [6.45, 7) is 0. The highest BCUT2D eigenvalue weighted by Gasteiger charge is 2.05. The lowest BCUT2D eigenvalue weighted by Crippen LogP contribution is -2.08. The second kappa shape index (κ2) is 8.21. The maximum Gasteiger partial charge on any atom is 0.166 e. The number of para-hydroxylation sites is 2. The summed E-state index contributed by atoms with van der Waals surface area (Å²) in [5, 5.41) is 3.27. The number of nitrogens with zero attached hydrogens (tertiary/aromatic N) is 1. The van der Waals surface area contributed by atoms with Crippen LogP contribution in [0, 0.1) is 11.6 Å². The molecule has 0 radical (unpaired) electrons. The molecule has 0 bridgehead atoms. The number of hydrogen-bond acceptors (Lipinski definition) is 2. The molecular weight excluding hydrogens is 393 g/mol. The van der Waals surface area contributed by atoms with Gasteiger partial charge in [0.2, 0.25) is 0 Å². The fraction of sp³-hybridized carbons (Fsp3) is 0.0714. The number of rotatable bonds is 2. The summed E-state index contributed by atoms with van der Waals surface area (Å²) in [5.41, 5.74) is 0.530. The summed E-state index contributed by atoms with van der Waals surface area (Å²) in [6, 6.07) is 12.5. The van der Waals surface area contributed by atoms with Crippen molar-refractivity contribution in [1.29, 1.82) is 0 Å². The first-order valence-corrected chi connectivity index (χ1v) is 6.82. The van der Waals surface area contributed by atoms with Crippen LogP contribution in [0.4, 0.5) is 20.2 Å². The first-order valence-electron chi connectivity index (χ1n) is 5.59. The van der Waals surface area contributed by atoms with Crippen molar-refractivity contribution in [2.75, 3.05) is 11.6 Å². The topological polar surface area (TPSA) is 24.4 Å². The number of hydrogen-bond donors (Lipinski definition) is 1. The maximum atomic E-state index is 13.5. The van der Waals surface area contributed by atoms with Crippen molar-refractivity contribution in [1.82, 2.24) is 0 Å². The Bertz CT molecular complexity index is 605. The van der Waals surface area contributed by atoms with Gasteiger partial charge in [-0.05, 0) is 30.5 Å². The van der Waals surface area contributed by atoms with Crippen molar-refractivity contribution in [3.05, 3.63) is 60.2 Å². The summed E-state index contributed by atoms with van der Waals surface area (Å²) in [5.74, 6) is -0.790. The molecule has 0 spiro atoms. The molecule has 0 atom stereocenters. The number of amidine groups is 1. The second-order valence-corrected chi connectivity index (χ2v) is 4.47. The van der Waals surface area contributed by atoms with Crippen molar-refractivity contribution < 1.29 is 8.78 Å². The normalized spacial score (nSPS) is 10.8. The Balaban J connectivity index is 0.00000200. The fourth-order valence-electron chi connectivity index (χ4n) is 1.45. The van der Waals surface area contributed by atoms with Gasteiger partial charge in [0.25, 0.3) is 0 Å². The highest BCUT2D eigenvalue weighted by molar-refractivity contribution is 14.0. The minimum absolute atomic E-state index is 0. The van der Waals surface area contributed by atoms with Crippen LogP contribution in [0.5, 0.6) is 0 Å². The predicted molar refractivity (Wildman–Crippen MR) is 92.4 cm³/mol. The van der Waals surface area contributed by atoms with Crippen molar-refractivity contribution in [3.63, 3.8) is 0 Å². The van der Waals surface area contributed by atoms with Gasteiger partial charge in [-0.1, -0.05) is 36.0 Å². The molecular formula is C14H13F2IN2S. The highest BCUT2D eigenvalue weighted by atomic mass is 127. The van der Waals surface area contributed by atoms with Crippen LogP contribution >= 0.6 is 35.7 Å². The molecule has 2 aromatic rings. The van der Waals surface area contributed by atoms with Crippen LogP contribution in [0.25, 0.3) is 0 Å². The van der Waals surface area contributed by atoms with Gasteiger partial charge >= 0.3 is 0 Å². The lowest BCUT2D eigenvalue weighted by molar-refractivity contribution is 0.630. The summed E-state index contributed by atoms with van der Waals surface area (Å²) >= 11 is 1.28. The molecule has 0 heterocycles. The van der Waals surface area contributed by atoms with Gasteiger partial charge in [-0.15, -0.1) is 24.0 Å². The lowest BCUT2D eigenvalue weighted by Gasteiger charge is -2.08. The SMILES string of the molecule is CSC(=Nc1ccccc1F)Nc1ccccc1F.I. The van der Waals surface area contributed by atoms with Gasteiger partial charge in [-0.25, -0.2) is 13.8 Å². The quantitative estimate of drug-likeness (QED) is 0.429. The minimum Gasteiger partial charge on any atom is -0.332 e. The Hall–Kier alpha value is -1.15. The summed E-state index contributed by atoms with van der Waals surface area (Å²) in [7, 11) is 0. The molecule has 2 aromatic carbocycles. The Kier molecular flexibility index (Phi) is 6.94. The number of aliphatic imine (C=N–C) groups is 1. The molecule has 0 unspecified atom stereocenters. The van der Waals surface area contributed by atoms with E-state index >= 15 is 0 Å². The molecule has 0 aliphatic carbocycles. The van der Waals surface area contributed by atoms with E-state index < -0.39 is 5.82 Å². The third kappa shape index (κ3) is 4.45. The summed E-state index contributed by atoms with van der Waals surface area (Å²) < 4.78 is 27.0. The largest absolute Gasteiger partial charge is 0.332 e. The van der Waals surface area contributed by atoms with Gasteiger partial charge in [0.1, 0.15) is 17.3 Å². The average Bonchev–Trinajstić information content (AvgIpc) is 2.42. The summed E-state index contributed by atoms with van der Waals surface area (Å²) in [6.07, 6.45) is 1.79. The predicted octanol–water partition coefficient (Wildman–Crippen LogP) is 5.05. The van der Waals surface area contributed by atoms with E-state index in [1.807, 2.05) is 0 Å². The smallest absolute Gasteiger partial charge is 0.166 e. The van der Waals surface area contributed by atoms with Crippen LogP contribution in [0.2, 0.25) is 0 Å². The Morgan fingerprint density at radius 2 is 1.60 bits per heavy atom. The van der Waals surface area contributed by atoms with E-state index in [1.54, 1.807) is 42.7 Å². The standard InChI is InChI=1S/C14H12F2N2S.HI/c1-19-14(17-12-8-4-2-6-10(12)15)18-13-9-5-3-7-11(13)16;/h2-9H,1H3,(H,17,18);1H. The molecule has 0 amide bonds. The average molecular weight is 406 g/mol. The van der Waals surface area contributed by atoms with E-state index in [0.717, 1.165) is 0 Å².